The molecule has 1 aliphatic rings. The molecule has 2 aromatic carbocycles. The van der Waals surface area contributed by atoms with Crippen LogP contribution in [-0.4, -0.2) is 54.0 Å². The normalized spacial score (nSPS) is 20.3. The minimum Gasteiger partial charge on any atom is -0.491 e. The molecule has 9 nitrogen and oxygen atoms in total. The van der Waals surface area contributed by atoms with E-state index in [4.69, 9.17) is 4.74 Å². The van der Waals surface area contributed by atoms with E-state index in [1.54, 1.807) is 18.2 Å². The number of benzene rings is 2. The van der Waals surface area contributed by atoms with E-state index >= 15 is 0 Å². The minimum atomic E-state index is -1.27. The van der Waals surface area contributed by atoms with Crippen LogP contribution in [0.1, 0.15) is 28.8 Å². The number of aliphatic carboxylic acids is 1. The highest BCUT2D eigenvalue weighted by Gasteiger charge is 2.26. The molecule has 1 heterocycles. The number of hydrogen-bond acceptors (Lipinski definition) is 5. The molecule has 1 aliphatic heterocycles. The lowest BCUT2D eigenvalue weighted by atomic mass is 10.0. The van der Waals surface area contributed by atoms with Gasteiger partial charge in [-0.25, -0.2) is 4.79 Å². The Balaban J connectivity index is 1.81. The molecule has 3 amide bonds. The molecule has 0 bridgehead atoms. The fraction of sp³-hybridized carbons (Fsp3) is 0.304. The van der Waals surface area contributed by atoms with E-state index in [0.717, 1.165) is 5.56 Å². The van der Waals surface area contributed by atoms with Crippen LogP contribution in [0, 0.1) is 0 Å². The number of carboxylic acids is 1. The van der Waals surface area contributed by atoms with Gasteiger partial charge in [0.1, 0.15) is 24.4 Å². The summed E-state index contributed by atoms with van der Waals surface area (Å²) >= 11 is 0. The summed E-state index contributed by atoms with van der Waals surface area (Å²) < 4.78 is 5.64. The molecule has 0 spiro atoms. The van der Waals surface area contributed by atoms with Gasteiger partial charge < -0.3 is 25.8 Å². The van der Waals surface area contributed by atoms with Gasteiger partial charge in [-0.2, -0.15) is 0 Å². The molecule has 32 heavy (non-hydrogen) atoms. The highest BCUT2D eigenvalue weighted by molar-refractivity contribution is 5.99. The van der Waals surface area contributed by atoms with Crippen LogP contribution in [0.25, 0.3) is 0 Å². The number of carbonyl (C=O) groups excluding carboxylic acids is 3. The highest BCUT2D eigenvalue weighted by atomic mass is 16.5. The summed E-state index contributed by atoms with van der Waals surface area (Å²) in [4.78, 5) is 49.5. The number of fused-ring (bicyclic) bond motifs is 1. The van der Waals surface area contributed by atoms with Crippen LogP contribution in [0.2, 0.25) is 0 Å². The first-order valence-corrected chi connectivity index (χ1v) is 10.3. The number of ether oxygens (including phenoxy) is 1. The van der Waals surface area contributed by atoms with Gasteiger partial charge in [-0.1, -0.05) is 42.5 Å². The van der Waals surface area contributed by atoms with Crippen molar-refractivity contribution in [3.63, 3.8) is 0 Å². The third-order valence-corrected chi connectivity index (χ3v) is 4.99. The number of carbonyl (C=O) groups is 4. The van der Waals surface area contributed by atoms with Gasteiger partial charge in [-0.3, -0.25) is 14.4 Å². The zero-order valence-corrected chi connectivity index (χ0v) is 17.4. The predicted molar refractivity (Wildman–Crippen MR) is 115 cm³/mol. The molecule has 0 saturated heterocycles. The smallest absolute Gasteiger partial charge is 0.326 e. The molecular weight excluding hydrogens is 414 g/mol. The first-order valence-electron chi connectivity index (χ1n) is 10.3. The summed E-state index contributed by atoms with van der Waals surface area (Å²) in [7, 11) is 0. The first kappa shape index (κ1) is 22.8. The van der Waals surface area contributed by atoms with Crippen LogP contribution in [0.3, 0.4) is 0 Å². The van der Waals surface area contributed by atoms with Gasteiger partial charge in [0.15, 0.2) is 0 Å². The summed E-state index contributed by atoms with van der Waals surface area (Å²) in [5.41, 5.74) is 1.04. The highest BCUT2D eigenvalue weighted by Crippen LogP contribution is 2.18. The number of nitrogens with one attached hydrogen (secondary N) is 3. The zero-order chi connectivity index (χ0) is 22.9. The fourth-order valence-corrected chi connectivity index (χ4v) is 3.33. The van der Waals surface area contributed by atoms with E-state index in [2.05, 4.69) is 16.0 Å². The topological polar surface area (TPSA) is 134 Å². The van der Waals surface area contributed by atoms with E-state index < -0.39 is 29.9 Å². The van der Waals surface area contributed by atoms with E-state index in [-0.39, 0.29) is 49.6 Å². The van der Waals surface area contributed by atoms with Crippen molar-refractivity contribution in [2.75, 3.05) is 13.2 Å². The molecule has 0 saturated carbocycles. The molecule has 0 radical (unpaired) electrons. The van der Waals surface area contributed by atoms with Crippen LogP contribution >= 0.6 is 0 Å². The molecule has 0 fully saturated rings. The van der Waals surface area contributed by atoms with Crippen LogP contribution in [0.15, 0.2) is 54.6 Å². The maximum atomic E-state index is 12.7. The lowest BCUT2D eigenvalue weighted by Crippen LogP contribution is -2.49. The Hall–Kier alpha value is -3.88. The summed E-state index contributed by atoms with van der Waals surface area (Å²) in [5, 5.41) is 17.3. The third kappa shape index (κ3) is 6.31. The van der Waals surface area contributed by atoms with Crippen LogP contribution < -0.4 is 20.7 Å². The zero-order valence-electron chi connectivity index (χ0n) is 17.4. The summed E-state index contributed by atoms with van der Waals surface area (Å²) in [6.45, 7) is 0.248. The van der Waals surface area contributed by atoms with Crippen LogP contribution in [0.5, 0.6) is 5.75 Å². The van der Waals surface area contributed by atoms with Crippen LogP contribution in [-0.2, 0) is 20.8 Å². The molecule has 3 rings (SSSR count). The maximum Gasteiger partial charge on any atom is 0.326 e. The van der Waals surface area contributed by atoms with Crippen molar-refractivity contribution in [2.24, 2.45) is 0 Å². The Bertz CT molecular complexity index is 979. The Morgan fingerprint density at radius 2 is 1.72 bits per heavy atom. The SMILES string of the molecule is O=C1CC[C@@H](C(=O)O)NC(=O)c2ccccc2OCCNC(=O)[C@@H](Cc2ccccc2)N1. The van der Waals surface area contributed by atoms with Gasteiger partial charge in [0.2, 0.25) is 11.8 Å². The Morgan fingerprint density at radius 1 is 1.00 bits per heavy atom. The van der Waals surface area contributed by atoms with Crippen molar-refractivity contribution >= 4 is 23.7 Å². The number of carboxylic acid groups (broad SMARTS) is 1. The van der Waals surface area contributed by atoms with E-state index in [0.29, 0.717) is 0 Å². The maximum absolute atomic E-state index is 12.7. The Morgan fingerprint density at radius 3 is 2.47 bits per heavy atom. The van der Waals surface area contributed by atoms with E-state index in [1.165, 1.54) is 6.07 Å². The van der Waals surface area contributed by atoms with Gasteiger partial charge in [-0.15, -0.1) is 0 Å². The number of hydrogen-bond donors (Lipinski definition) is 4. The monoisotopic (exact) mass is 439 g/mol. The van der Waals surface area contributed by atoms with E-state index in [1.807, 2.05) is 30.3 Å². The lowest BCUT2D eigenvalue weighted by Gasteiger charge is -2.19. The Labute approximate surface area is 185 Å². The van der Waals surface area contributed by atoms with Gasteiger partial charge in [-0.05, 0) is 24.1 Å². The second kappa shape index (κ2) is 10.9. The first-order chi connectivity index (χ1) is 15.4. The second-order valence-electron chi connectivity index (χ2n) is 7.35. The fourth-order valence-electron chi connectivity index (χ4n) is 3.33. The van der Waals surface area contributed by atoms with Crippen molar-refractivity contribution in [1.29, 1.82) is 0 Å². The van der Waals surface area contributed by atoms with Gasteiger partial charge >= 0.3 is 5.97 Å². The Kier molecular flexibility index (Phi) is 7.80. The van der Waals surface area contributed by atoms with Crippen molar-refractivity contribution in [3.05, 3.63) is 65.7 Å². The van der Waals surface area contributed by atoms with Gasteiger partial charge in [0, 0.05) is 12.8 Å². The molecule has 0 aliphatic carbocycles. The molecule has 2 aromatic rings. The average molecular weight is 439 g/mol. The molecule has 0 unspecified atom stereocenters. The second-order valence-corrected chi connectivity index (χ2v) is 7.35. The molecule has 2 atom stereocenters. The predicted octanol–water partition coefficient (Wildman–Crippen LogP) is 0.886. The van der Waals surface area contributed by atoms with Crippen molar-refractivity contribution in [3.8, 4) is 5.75 Å². The molecular formula is C23H25N3O6. The number of para-hydroxylation sites is 1. The molecule has 168 valence electrons. The van der Waals surface area contributed by atoms with E-state index in [9.17, 15) is 24.3 Å². The lowest BCUT2D eigenvalue weighted by molar-refractivity contribution is -0.139. The van der Waals surface area contributed by atoms with Crippen molar-refractivity contribution < 1.29 is 29.0 Å². The van der Waals surface area contributed by atoms with Crippen LogP contribution in [0.4, 0.5) is 0 Å². The summed E-state index contributed by atoms with van der Waals surface area (Å²) in [5.74, 6) is -2.46. The summed E-state index contributed by atoms with van der Waals surface area (Å²) in [6.07, 6.45) is -0.0230. The largest absolute Gasteiger partial charge is 0.491 e. The summed E-state index contributed by atoms with van der Waals surface area (Å²) in [6, 6.07) is 13.6. The van der Waals surface area contributed by atoms with Gasteiger partial charge in [0.25, 0.3) is 5.91 Å². The number of amides is 3. The number of rotatable bonds is 3. The van der Waals surface area contributed by atoms with Crippen molar-refractivity contribution in [2.45, 2.75) is 31.3 Å². The average Bonchev–Trinajstić information content (AvgIpc) is 2.79. The quantitative estimate of drug-likeness (QED) is 0.561. The van der Waals surface area contributed by atoms with Crippen molar-refractivity contribution in [1.82, 2.24) is 16.0 Å². The molecule has 0 aromatic heterocycles. The third-order valence-electron chi connectivity index (χ3n) is 4.99. The van der Waals surface area contributed by atoms with Gasteiger partial charge in [0.05, 0.1) is 12.1 Å². The standard InChI is InChI=1S/C23H25N3O6/c27-20-11-10-17(23(30)31)26-21(28)16-8-4-5-9-19(16)32-13-12-24-22(29)18(25-20)14-15-6-2-1-3-7-15/h1-9,17-18H,10-14H2,(H,24,29)(H,25,27)(H,26,28)(H,30,31)/t17-,18+/m0/s1. The molecule has 9 heteroatoms. The minimum absolute atomic E-state index is 0.0877. The molecule has 4 N–H and O–H groups in total.